The van der Waals surface area contributed by atoms with Crippen LogP contribution in [0, 0.1) is 24.5 Å². The molecule has 1 fully saturated rings. The first kappa shape index (κ1) is 12.2. The second-order valence-electron chi connectivity index (χ2n) is 4.47. The molecule has 2 rings (SSSR count). The van der Waals surface area contributed by atoms with Gasteiger partial charge in [0.1, 0.15) is 17.7 Å². The van der Waals surface area contributed by atoms with Gasteiger partial charge >= 0.3 is 0 Å². The van der Waals surface area contributed by atoms with Crippen molar-refractivity contribution in [3.8, 4) is 0 Å². The number of ether oxygens (including phenoxy) is 1. The second kappa shape index (κ2) is 4.53. The highest BCUT2D eigenvalue weighted by Crippen LogP contribution is 2.26. The Morgan fingerprint density at radius 2 is 2.12 bits per heavy atom. The Morgan fingerprint density at radius 1 is 1.41 bits per heavy atom. The van der Waals surface area contributed by atoms with Crippen LogP contribution in [-0.4, -0.2) is 18.5 Å². The molecule has 17 heavy (non-hydrogen) atoms. The third-order valence-electron chi connectivity index (χ3n) is 3.18. The molecule has 0 spiro atoms. The van der Waals surface area contributed by atoms with Crippen molar-refractivity contribution in [2.45, 2.75) is 26.4 Å². The van der Waals surface area contributed by atoms with Crippen molar-refractivity contribution in [2.24, 2.45) is 5.92 Å². The van der Waals surface area contributed by atoms with Crippen LogP contribution >= 0.6 is 0 Å². The Kier molecular flexibility index (Phi) is 3.24. The molecule has 0 saturated carbocycles. The molecule has 1 aromatic carbocycles. The Bertz CT molecular complexity index is 457. The maximum absolute atomic E-state index is 13.8. The van der Waals surface area contributed by atoms with E-state index in [1.54, 1.807) is 0 Å². The molecule has 1 saturated heterocycles. The van der Waals surface area contributed by atoms with Gasteiger partial charge in [0.25, 0.3) is 0 Å². The third-order valence-corrected chi connectivity index (χ3v) is 3.18. The van der Waals surface area contributed by atoms with Crippen molar-refractivity contribution in [3.63, 3.8) is 0 Å². The number of ketones is 1. The van der Waals surface area contributed by atoms with Crippen LogP contribution in [0.4, 0.5) is 8.78 Å². The number of Topliss-reactive ketones (excluding diaryl/α,β-unsaturated/α-hetero) is 1. The van der Waals surface area contributed by atoms with E-state index in [2.05, 4.69) is 0 Å². The zero-order valence-electron chi connectivity index (χ0n) is 9.80. The quantitative estimate of drug-likeness (QED) is 0.743. The van der Waals surface area contributed by atoms with E-state index in [0.717, 1.165) is 12.5 Å². The maximum Gasteiger partial charge on any atom is 0.197 e. The molecule has 0 bridgehead atoms. The summed E-state index contributed by atoms with van der Waals surface area (Å²) in [5, 5.41) is 0. The Hall–Kier alpha value is -1.29. The highest BCUT2D eigenvalue weighted by Gasteiger charge is 2.34. The van der Waals surface area contributed by atoms with E-state index in [4.69, 9.17) is 4.74 Å². The average Bonchev–Trinajstić information content (AvgIpc) is 2.70. The molecule has 2 unspecified atom stereocenters. The average molecular weight is 240 g/mol. The number of halogens is 2. The van der Waals surface area contributed by atoms with Crippen LogP contribution in [0.15, 0.2) is 12.1 Å². The molecule has 92 valence electrons. The number of aryl methyl sites for hydroxylation is 1. The van der Waals surface area contributed by atoms with Crippen LogP contribution < -0.4 is 0 Å². The summed E-state index contributed by atoms with van der Waals surface area (Å²) < 4.78 is 32.6. The van der Waals surface area contributed by atoms with E-state index in [1.165, 1.54) is 13.0 Å². The van der Waals surface area contributed by atoms with Gasteiger partial charge in [0, 0.05) is 6.61 Å². The fourth-order valence-electron chi connectivity index (χ4n) is 2.06. The molecule has 0 aromatic heterocycles. The molecule has 2 atom stereocenters. The summed E-state index contributed by atoms with van der Waals surface area (Å²) in [5.74, 6) is -2.19. The first-order valence-corrected chi connectivity index (χ1v) is 5.62. The minimum atomic E-state index is -0.819. The number of carbonyl (C=O) groups excluding carboxylic acids is 1. The van der Waals surface area contributed by atoms with E-state index in [0.29, 0.717) is 6.61 Å². The molecule has 2 nitrogen and oxygen atoms in total. The lowest BCUT2D eigenvalue weighted by Gasteiger charge is -2.14. The number of rotatable bonds is 2. The van der Waals surface area contributed by atoms with Gasteiger partial charge in [-0.2, -0.15) is 0 Å². The van der Waals surface area contributed by atoms with E-state index in [9.17, 15) is 13.6 Å². The van der Waals surface area contributed by atoms with Gasteiger partial charge in [-0.1, -0.05) is 13.0 Å². The van der Waals surface area contributed by atoms with Gasteiger partial charge in [0.05, 0.1) is 5.56 Å². The van der Waals surface area contributed by atoms with E-state index >= 15 is 0 Å². The predicted octanol–water partition coefficient (Wildman–Crippen LogP) is 2.88. The van der Waals surface area contributed by atoms with E-state index in [1.807, 2.05) is 6.92 Å². The summed E-state index contributed by atoms with van der Waals surface area (Å²) in [5.41, 5.74) is -0.204. The van der Waals surface area contributed by atoms with Gasteiger partial charge in [-0.15, -0.1) is 0 Å². The third kappa shape index (κ3) is 2.09. The lowest BCUT2D eigenvalue weighted by atomic mass is 9.94. The maximum atomic E-state index is 13.8. The van der Waals surface area contributed by atoms with Crippen molar-refractivity contribution in [1.29, 1.82) is 0 Å². The van der Waals surface area contributed by atoms with Crippen molar-refractivity contribution < 1.29 is 18.3 Å². The van der Waals surface area contributed by atoms with Crippen LogP contribution in [0.3, 0.4) is 0 Å². The molecule has 1 aliphatic heterocycles. The monoisotopic (exact) mass is 240 g/mol. The first-order valence-electron chi connectivity index (χ1n) is 5.62. The van der Waals surface area contributed by atoms with E-state index < -0.39 is 29.1 Å². The number of hydrogen-bond acceptors (Lipinski definition) is 2. The standard InChI is InChI=1S/C13H14F2O2/c1-7-3-4-9(14)10(11(7)15)12(16)13-8(2)5-6-17-13/h3-4,8,13H,5-6H2,1-2H3. The van der Waals surface area contributed by atoms with Crippen molar-refractivity contribution >= 4 is 5.78 Å². The summed E-state index contributed by atoms with van der Waals surface area (Å²) >= 11 is 0. The molecule has 1 aliphatic rings. The zero-order valence-corrected chi connectivity index (χ0v) is 9.80. The lowest BCUT2D eigenvalue weighted by molar-refractivity contribution is 0.0570. The molecule has 0 radical (unpaired) electrons. The van der Waals surface area contributed by atoms with Gasteiger partial charge in [-0.05, 0) is 30.9 Å². The fraction of sp³-hybridized carbons (Fsp3) is 0.462. The summed E-state index contributed by atoms with van der Waals surface area (Å²) in [7, 11) is 0. The predicted molar refractivity (Wildman–Crippen MR) is 58.9 cm³/mol. The lowest BCUT2D eigenvalue weighted by Crippen LogP contribution is -2.27. The summed E-state index contributed by atoms with van der Waals surface area (Å²) in [6.07, 6.45) is 0.0200. The van der Waals surface area contributed by atoms with Gasteiger partial charge in [-0.25, -0.2) is 8.78 Å². The zero-order chi connectivity index (χ0) is 12.6. The minimum Gasteiger partial charge on any atom is -0.370 e. The summed E-state index contributed by atoms with van der Waals surface area (Å²) in [6.45, 7) is 3.82. The molecule has 4 heteroatoms. The topological polar surface area (TPSA) is 26.3 Å². The molecule has 0 aliphatic carbocycles. The Morgan fingerprint density at radius 3 is 2.71 bits per heavy atom. The van der Waals surface area contributed by atoms with Crippen LogP contribution in [0.1, 0.15) is 29.3 Å². The molecule has 1 aromatic rings. The van der Waals surface area contributed by atoms with Crippen molar-refractivity contribution in [1.82, 2.24) is 0 Å². The first-order chi connectivity index (χ1) is 8.02. The number of hydrogen-bond donors (Lipinski definition) is 0. The largest absolute Gasteiger partial charge is 0.370 e. The van der Waals surface area contributed by atoms with Crippen molar-refractivity contribution in [2.75, 3.05) is 6.61 Å². The van der Waals surface area contributed by atoms with Gasteiger partial charge in [0.2, 0.25) is 0 Å². The smallest absolute Gasteiger partial charge is 0.197 e. The Balaban J connectivity index is 2.40. The summed E-state index contributed by atoms with van der Waals surface area (Å²) in [6, 6.07) is 2.44. The molecule has 0 N–H and O–H groups in total. The molecular weight excluding hydrogens is 226 g/mol. The molecule has 0 amide bonds. The number of carbonyl (C=O) groups is 1. The Labute approximate surface area is 98.6 Å². The van der Waals surface area contributed by atoms with E-state index in [-0.39, 0.29) is 11.5 Å². The van der Waals surface area contributed by atoms with Gasteiger partial charge in [-0.3, -0.25) is 4.79 Å². The van der Waals surface area contributed by atoms with Crippen LogP contribution in [0.5, 0.6) is 0 Å². The SMILES string of the molecule is Cc1ccc(F)c(C(=O)C2OCCC2C)c1F. The van der Waals surface area contributed by atoms with Gasteiger partial charge in [0.15, 0.2) is 5.78 Å². The van der Waals surface area contributed by atoms with Crippen molar-refractivity contribution in [3.05, 3.63) is 34.9 Å². The normalized spacial score (nSPS) is 24.0. The highest BCUT2D eigenvalue weighted by atomic mass is 19.1. The molecule has 1 heterocycles. The minimum absolute atomic E-state index is 0.00168. The second-order valence-corrected chi connectivity index (χ2v) is 4.47. The van der Waals surface area contributed by atoms with Crippen LogP contribution in [-0.2, 0) is 4.74 Å². The van der Waals surface area contributed by atoms with Gasteiger partial charge < -0.3 is 4.74 Å². The highest BCUT2D eigenvalue weighted by molar-refractivity contribution is 6.00. The van der Waals surface area contributed by atoms with Crippen LogP contribution in [0.25, 0.3) is 0 Å². The number of benzene rings is 1. The van der Waals surface area contributed by atoms with Crippen LogP contribution in [0.2, 0.25) is 0 Å². The fourth-order valence-corrected chi connectivity index (χ4v) is 2.06. The molecular formula is C13H14F2O2. The summed E-state index contributed by atoms with van der Waals surface area (Å²) in [4.78, 5) is 12.0.